The van der Waals surface area contributed by atoms with E-state index in [1.54, 1.807) is 6.26 Å². The summed E-state index contributed by atoms with van der Waals surface area (Å²) in [6.07, 6.45) is 3.17. The molecule has 2 unspecified atom stereocenters. The number of rotatable bonds is 7. The van der Waals surface area contributed by atoms with E-state index in [1.807, 2.05) is 44.2 Å². The molecular formula is C18H26N2O5S2. The molecule has 0 aromatic heterocycles. The van der Waals surface area contributed by atoms with Crippen LogP contribution in [0.3, 0.4) is 0 Å². The quantitative estimate of drug-likeness (QED) is 0.386. The topological polar surface area (TPSA) is 88.0 Å². The minimum Gasteiger partial charge on any atom is -0.626 e. The van der Waals surface area contributed by atoms with Crippen LogP contribution in [0.2, 0.25) is 0 Å². The van der Waals surface area contributed by atoms with E-state index in [0.717, 1.165) is 23.6 Å². The van der Waals surface area contributed by atoms with Gasteiger partial charge in [0, 0.05) is 6.42 Å². The first-order valence-corrected chi connectivity index (χ1v) is 11.6. The van der Waals surface area contributed by atoms with E-state index < -0.39 is 20.8 Å². The van der Waals surface area contributed by atoms with Crippen molar-refractivity contribution in [3.8, 4) is 0 Å². The van der Waals surface area contributed by atoms with Crippen LogP contribution in [-0.2, 0) is 25.6 Å². The number of nitrogens with zero attached hydrogens (tertiary/aromatic N) is 2. The molecule has 0 saturated carbocycles. The largest absolute Gasteiger partial charge is 0.626 e. The average molecular weight is 415 g/mol. The smallest absolute Gasteiger partial charge is 0.307 e. The lowest BCUT2D eigenvalue weighted by atomic mass is 10.0. The summed E-state index contributed by atoms with van der Waals surface area (Å²) in [7, 11) is -2.35. The number of quaternary nitrogens is 1. The summed E-state index contributed by atoms with van der Waals surface area (Å²) in [6.45, 7) is 4.26. The second-order valence-electron chi connectivity index (χ2n) is 6.96. The first-order valence-electron chi connectivity index (χ1n) is 8.55. The van der Waals surface area contributed by atoms with Crippen molar-refractivity contribution < 1.29 is 22.0 Å². The monoisotopic (exact) mass is 414 g/mol. The zero-order chi connectivity index (χ0) is 20.2. The highest BCUT2D eigenvalue weighted by atomic mass is 32.2. The number of benzene rings is 1. The number of thioether (sulfide) groups is 1. The molecule has 0 N–H and O–H groups in total. The third kappa shape index (κ3) is 5.71. The van der Waals surface area contributed by atoms with Crippen LogP contribution in [-0.4, -0.2) is 44.6 Å². The Morgan fingerprint density at radius 2 is 1.93 bits per heavy atom. The molecule has 0 fully saturated rings. The van der Waals surface area contributed by atoms with E-state index in [2.05, 4.69) is 4.99 Å². The number of hydrogen-bond acceptors (Lipinski definition) is 7. The van der Waals surface area contributed by atoms with Gasteiger partial charge in [-0.2, -0.15) is 13.4 Å². The fourth-order valence-corrected chi connectivity index (χ4v) is 4.05. The first kappa shape index (κ1) is 21.7. The Labute approximate surface area is 165 Å². The van der Waals surface area contributed by atoms with Gasteiger partial charge >= 0.3 is 16.0 Å². The lowest BCUT2D eigenvalue weighted by Crippen LogP contribution is -2.53. The summed E-state index contributed by atoms with van der Waals surface area (Å²) >= 11 is 1.14. The maximum absolute atomic E-state index is 13.5. The van der Waals surface area contributed by atoms with Gasteiger partial charge in [-0.3, -0.25) is 0 Å². The van der Waals surface area contributed by atoms with Crippen molar-refractivity contribution in [1.29, 1.82) is 0 Å². The zero-order valence-electron chi connectivity index (χ0n) is 16.2. The molecule has 150 valence electrons. The predicted molar refractivity (Wildman–Crippen MR) is 108 cm³/mol. The van der Waals surface area contributed by atoms with Crippen molar-refractivity contribution in [2.75, 3.05) is 19.6 Å². The van der Waals surface area contributed by atoms with E-state index in [-0.39, 0.29) is 29.3 Å². The Hall–Kier alpha value is -1.55. The van der Waals surface area contributed by atoms with Crippen molar-refractivity contribution in [2.45, 2.75) is 32.9 Å². The molecule has 2 atom stereocenters. The van der Waals surface area contributed by atoms with E-state index in [1.165, 1.54) is 7.05 Å². The highest BCUT2D eigenvalue weighted by Gasteiger charge is 2.42. The average Bonchev–Trinajstić information content (AvgIpc) is 2.55. The van der Waals surface area contributed by atoms with Crippen molar-refractivity contribution >= 4 is 27.8 Å². The minimum absolute atomic E-state index is 0.196. The number of ether oxygens (including phenoxy) is 1. The first-order chi connectivity index (χ1) is 12.5. The third-order valence-corrected chi connectivity index (χ3v) is 5.41. The van der Waals surface area contributed by atoms with Gasteiger partial charge in [0.1, 0.15) is 6.61 Å². The van der Waals surface area contributed by atoms with Gasteiger partial charge in [0.25, 0.3) is 5.90 Å². The van der Waals surface area contributed by atoms with Crippen LogP contribution in [0.1, 0.15) is 25.8 Å². The molecule has 9 heteroatoms. The second-order valence-corrected chi connectivity index (χ2v) is 9.33. The van der Waals surface area contributed by atoms with Crippen LogP contribution in [0.4, 0.5) is 0 Å². The van der Waals surface area contributed by atoms with E-state index in [4.69, 9.17) is 8.92 Å². The molecule has 1 aromatic rings. The Kier molecular flexibility index (Phi) is 6.96. The molecule has 2 rings (SSSR count). The van der Waals surface area contributed by atoms with Crippen LogP contribution in [0.25, 0.3) is 0 Å². The molecule has 1 heterocycles. The fraction of sp³-hybridized carbons (Fsp3) is 0.500. The molecule has 7 nitrogen and oxygen atoms in total. The molecule has 0 spiro atoms. The summed E-state index contributed by atoms with van der Waals surface area (Å²) in [4.78, 5) is 4.30. The highest BCUT2D eigenvalue weighted by Crippen LogP contribution is 2.38. The molecule has 0 bridgehead atoms. The number of aliphatic imine (C=N–C) groups is 1. The van der Waals surface area contributed by atoms with Gasteiger partial charge < -0.3 is 18.8 Å². The van der Waals surface area contributed by atoms with Gasteiger partial charge in [0.05, 0.1) is 13.3 Å². The third-order valence-electron chi connectivity index (χ3n) is 4.03. The van der Waals surface area contributed by atoms with E-state index >= 15 is 0 Å². The van der Waals surface area contributed by atoms with Crippen molar-refractivity contribution in [3.63, 3.8) is 0 Å². The van der Waals surface area contributed by atoms with Crippen molar-refractivity contribution in [1.82, 2.24) is 0 Å². The van der Waals surface area contributed by atoms with Crippen LogP contribution < -0.4 is 0 Å². The molecule has 0 radical (unpaired) electrons. The summed E-state index contributed by atoms with van der Waals surface area (Å²) in [5.41, 5.74) is 0.925. The summed E-state index contributed by atoms with van der Waals surface area (Å²) < 4.78 is 33.3. The van der Waals surface area contributed by atoms with Gasteiger partial charge in [-0.05, 0) is 17.7 Å². The molecule has 1 aromatic carbocycles. The number of hydroxylamine groups is 3. The molecule has 27 heavy (non-hydrogen) atoms. The molecular weight excluding hydrogens is 388 g/mol. The molecule has 0 amide bonds. The summed E-state index contributed by atoms with van der Waals surface area (Å²) in [6, 6.07) is 8.92. The van der Waals surface area contributed by atoms with Gasteiger partial charge in [-0.1, -0.05) is 55.9 Å². The van der Waals surface area contributed by atoms with E-state index in [0.29, 0.717) is 6.42 Å². The van der Waals surface area contributed by atoms with Crippen LogP contribution in [0.15, 0.2) is 46.2 Å². The predicted octanol–water partition coefficient (Wildman–Crippen LogP) is 3.44. The number of likely N-dealkylation sites (N-methyl/N-ethyl adjacent to an activating group) is 1. The van der Waals surface area contributed by atoms with Crippen LogP contribution in [0.5, 0.6) is 0 Å². The van der Waals surface area contributed by atoms with Gasteiger partial charge in [0.15, 0.2) is 6.04 Å². The van der Waals surface area contributed by atoms with Crippen LogP contribution >= 0.6 is 11.8 Å². The Morgan fingerprint density at radius 3 is 2.44 bits per heavy atom. The maximum Gasteiger partial charge on any atom is 0.307 e. The highest BCUT2D eigenvalue weighted by molar-refractivity contribution is 8.02. The molecule has 1 aliphatic rings. The van der Waals surface area contributed by atoms with Gasteiger partial charge in [-0.25, -0.2) is 0 Å². The minimum atomic E-state index is -3.83. The van der Waals surface area contributed by atoms with Gasteiger partial charge in [0.2, 0.25) is 5.03 Å². The maximum atomic E-state index is 13.5. The SMILES string of the molecule is CSC1=C(OS(C)(=O)=O)N=C(OCc2ccccc2)C(CC(C)C)[N+]1(C)[O-]. The molecule has 1 aliphatic heterocycles. The number of hydrogen-bond donors (Lipinski definition) is 0. The Bertz CT molecular complexity index is 817. The van der Waals surface area contributed by atoms with Gasteiger partial charge in [-0.15, -0.1) is 0 Å². The van der Waals surface area contributed by atoms with Crippen molar-refractivity contribution in [3.05, 3.63) is 52.0 Å². The normalized spacial score (nSPS) is 23.4. The molecule has 0 aliphatic carbocycles. The lowest BCUT2D eigenvalue weighted by molar-refractivity contribution is -0.832. The fourth-order valence-electron chi connectivity index (χ4n) is 2.84. The molecule has 0 saturated heterocycles. The van der Waals surface area contributed by atoms with Crippen molar-refractivity contribution in [2.24, 2.45) is 10.9 Å². The Morgan fingerprint density at radius 1 is 1.30 bits per heavy atom. The second kappa shape index (κ2) is 8.64. The summed E-state index contributed by atoms with van der Waals surface area (Å²) in [5.74, 6) is 0.208. The van der Waals surface area contributed by atoms with E-state index in [9.17, 15) is 13.6 Å². The zero-order valence-corrected chi connectivity index (χ0v) is 17.8. The standard InChI is InChI=1S/C18H26N2O5S2/c1-13(2)11-15-16(24-12-14-9-7-6-8-10-14)19-17(25-27(5,22)23)18(26-4)20(15,3)21/h6-10,13,15H,11-12H2,1-5H3. The summed E-state index contributed by atoms with van der Waals surface area (Å²) in [5, 5.41) is 13.7. The lowest BCUT2D eigenvalue weighted by Gasteiger charge is -2.47. The van der Waals surface area contributed by atoms with Crippen LogP contribution in [0, 0.1) is 11.1 Å². The Balaban J connectivity index is 2.43.